The average Bonchev–Trinajstić information content (AvgIpc) is 2.68. The van der Waals surface area contributed by atoms with Crippen molar-refractivity contribution in [2.75, 3.05) is 0 Å². The van der Waals surface area contributed by atoms with Crippen LogP contribution >= 0.6 is 0 Å². The zero-order chi connectivity index (χ0) is 19.0. The lowest BCUT2D eigenvalue weighted by molar-refractivity contribution is -0.140. The second kappa shape index (κ2) is 6.39. The van der Waals surface area contributed by atoms with E-state index in [1.165, 1.54) is 6.92 Å². The van der Waals surface area contributed by atoms with Crippen LogP contribution in [0.5, 0.6) is 0 Å². The fourth-order valence-corrected chi connectivity index (χ4v) is 2.97. The molecule has 0 saturated carbocycles. The van der Waals surface area contributed by atoms with Crippen LogP contribution in [-0.4, -0.2) is 23.4 Å². The fourth-order valence-electron chi connectivity index (χ4n) is 2.97. The Morgan fingerprint density at radius 1 is 1.16 bits per heavy atom. The van der Waals surface area contributed by atoms with Crippen molar-refractivity contribution in [3.63, 3.8) is 0 Å². The first-order valence-corrected chi connectivity index (χ1v) is 8.20. The molecule has 0 unspecified atom stereocenters. The molecule has 0 radical (unpaired) electrons. The molecule has 25 heavy (non-hydrogen) atoms. The van der Waals surface area contributed by atoms with E-state index in [0.717, 1.165) is 0 Å². The van der Waals surface area contributed by atoms with Crippen LogP contribution in [0.1, 0.15) is 40.5 Å². The van der Waals surface area contributed by atoms with Gasteiger partial charge in [-0.2, -0.15) is 0 Å². The molecule has 5 heteroatoms. The standard InChI is InChI=1S/C20H23NO4/c1-12(20(5)10-8-16(23)21-18(20)25)17(24)14-7-6-9-19(3,4)11-15(14)13(2)22/h6-7,9,11H,1,8,10H2,2-5H3,(H,21,23,25)/t20-/m1/s1. The molecular weight excluding hydrogens is 318 g/mol. The summed E-state index contributed by atoms with van der Waals surface area (Å²) in [6, 6.07) is 0. The molecule has 0 aromatic carbocycles. The van der Waals surface area contributed by atoms with E-state index in [2.05, 4.69) is 11.9 Å². The van der Waals surface area contributed by atoms with Crippen LogP contribution in [0.15, 0.2) is 47.6 Å². The minimum Gasteiger partial charge on any atom is -0.296 e. The number of allylic oxidation sites excluding steroid dienone is 6. The van der Waals surface area contributed by atoms with Gasteiger partial charge in [-0.05, 0) is 20.3 Å². The first-order chi connectivity index (χ1) is 11.5. The molecule has 1 fully saturated rings. The van der Waals surface area contributed by atoms with E-state index >= 15 is 0 Å². The maximum Gasteiger partial charge on any atom is 0.237 e. The molecule has 132 valence electrons. The molecule has 2 amide bonds. The summed E-state index contributed by atoms with van der Waals surface area (Å²) >= 11 is 0. The van der Waals surface area contributed by atoms with Gasteiger partial charge in [0.25, 0.3) is 0 Å². The van der Waals surface area contributed by atoms with Crippen molar-refractivity contribution in [2.45, 2.75) is 40.5 Å². The second-order valence-electron chi connectivity index (χ2n) is 7.39. The molecule has 1 heterocycles. The van der Waals surface area contributed by atoms with Crippen LogP contribution in [0.25, 0.3) is 0 Å². The van der Waals surface area contributed by atoms with Crippen molar-refractivity contribution in [3.05, 3.63) is 47.6 Å². The predicted molar refractivity (Wildman–Crippen MR) is 94.4 cm³/mol. The minimum atomic E-state index is -1.17. The fraction of sp³-hybridized carbons (Fsp3) is 0.400. The van der Waals surface area contributed by atoms with Gasteiger partial charge in [-0.25, -0.2) is 0 Å². The number of hydrogen-bond donors (Lipinski definition) is 1. The van der Waals surface area contributed by atoms with Gasteiger partial charge in [0, 0.05) is 28.6 Å². The zero-order valence-electron chi connectivity index (χ0n) is 15.1. The summed E-state index contributed by atoms with van der Waals surface area (Å²) in [5.74, 6) is -1.56. The number of carbonyl (C=O) groups is 4. The third-order valence-corrected chi connectivity index (χ3v) is 4.77. The number of piperidine rings is 1. The predicted octanol–water partition coefficient (Wildman–Crippen LogP) is 2.59. The van der Waals surface area contributed by atoms with Crippen molar-refractivity contribution in [1.29, 1.82) is 0 Å². The molecule has 0 aromatic rings. The maximum absolute atomic E-state index is 13.0. The van der Waals surface area contributed by atoms with E-state index in [1.54, 1.807) is 25.2 Å². The summed E-state index contributed by atoms with van der Waals surface area (Å²) in [5.41, 5.74) is -0.912. The Balaban J connectivity index is 2.42. The minimum absolute atomic E-state index is 0.0870. The smallest absolute Gasteiger partial charge is 0.237 e. The lowest BCUT2D eigenvalue weighted by atomic mass is 9.72. The van der Waals surface area contributed by atoms with E-state index in [-0.39, 0.29) is 41.1 Å². The Morgan fingerprint density at radius 2 is 1.80 bits per heavy atom. The number of nitrogens with one attached hydrogen (secondary N) is 1. The Hall–Kier alpha value is -2.56. The monoisotopic (exact) mass is 341 g/mol. The summed E-state index contributed by atoms with van der Waals surface area (Å²) in [7, 11) is 0. The Morgan fingerprint density at radius 3 is 2.36 bits per heavy atom. The van der Waals surface area contributed by atoms with Crippen molar-refractivity contribution >= 4 is 23.4 Å². The molecular formula is C20H23NO4. The zero-order valence-corrected chi connectivity index (χ0v) is 15.1. The van der Waals surface area contributed by atoms with Crippen LogP contribution in [0.2, 0.25) is 0 Å². The van der Waals surface area contributed by atoms with E-state index in [4.69, 9.17) is 0 Å². The van der Waals surface area contributed by atoms with Crippen LogP contribution in [0.3, 0.4) is 0 Å². The van der Waals surface area contributed by atoms with Gasteiger partial charge in [-0.3, -0.25) is 24.5 Å². The van der Waals surface area contributed by atoms with Gasteiger partial charge in [0.1, 0.15) is 0 Å². The van der Waals surface area contributed by atoms with Gasteiger partial charge in [0.15, 0.2) is 11.6 Å². The largest absolute Gasteiger partial charge is 0.296 e. The number of rotatable bonds is 4. The molecule has 0 aromatic heterocycles. The third-order valence-electron chi connectivity index (χ3n) is 4.77. The summed E-state index contributed by atoms with van der Waals surface area (Å²) in [5, 5.41) is 2.26. The number of ketones is 2. The lowest BCUT2D eigenvalue weighted by Gasteiger charge is -2.33. The third kappa shape index (κ3) is 3.60. The summed E-state index contributed by atoms with van der Waals surface area (Å²) < 4.78 is 0. The van der Waals surface area contributed by atoms with E-state index in [9.17, 15) is 19.2 Å². The van der Waals surface area contributed by atoms with Crippen LogP contribution in [0, 0.1) is 10.8 Å². The highest BCUT2D eigenvalue weighted by molar-refractivity contribution is 6.21. The highest BCUT2D eigenvalue weighted by Crippen LogP contribution is 2.38. The quantitative estimate of drug-likeness (QED) is 0.629. The molecule has 1 atom stereocenters. The topological polar surface area (TPSA) is 80.3 Å². The summed E-state index contributed by atoms with van der Waals surface area (Å²) in [4.78, 5) is 48.8. The van der Waals surface area contributed by atoms with Crippen LogP contribution in [0.4, 0.5) is 0 Å². The van der Waals surface area contributed by atoms with Gasteiger partial charge < -0.3 is 0 Å². The van der Waals surface area contributed by atoms with Crippen LogP contribution in [-0.2, 0) is 19.2 Å². The van der Waals surface area contributed by atoms with E-state index in [1.807, 2.05) is 19.9 Å². The Labute approximate surface area is 147 Å². The van der Waals surface area contributed by atoms with E-state index in [0.29, 0.717) is 5.57 Å². The Kier molecular flexibility index (Phi) is 4.80. The lowest BCUT2D eigenvalue weighted by Crippen LogP contribution is -2.49. The number of imide groups is 1. The molecule has 1 N–H and O–H groups in total. The van der Waals surface area contributed by atoms with Gasteiger partial charge in [0.05, 0.1) is 5.41 Å². The van der Waals surface area contributed by atoms with Crippen LogP contribution < -0.4 is 5.32 Å². The van der Waals surface area contributed by atoms with Gasteiger partial charge in [-0.15, -0.1) is 0 Å². The van der Waals surface area contributed by atoms with Crippen molar-refractivity contribution in [1.82, 2.24) is 5.32 Å². The normalized spacial score (nSPS) is 25.4. The number of hydrogen-bond acceptors (Lipinski definition) is 4. The highest BCUT2D eigenvalue weighted by Gasteiger charge is 2.44. The van der Waals surface area contributed by atoms with Crippen molar-refractivity contribution < 1.29 is 19.2 Å². The molecule has 0 bridgehead atoms. The maximum atomic E-state index is 13.0. The highest BCUT2D eigenvalue weighted by atomic mass is 16.2. The number of amides is 2. The SMILES string of the molecule is C=C(C(=O)C1=CC=CC(C)(C)C=C1C(C)=O)[C@@]1(C)CCC(=O)NC1=O. The number of carbonyl (C=O) groups excluding carboxylic acids is 4. The first kappa shape index (κ1) is 18.8. The Bertz CT molecular complexity index is 780. The first-order valence-electron chi connectivity index (χ1n) is 8.20. The second-order valence-corrected chi connectivity index (χ2v) is 7.39. The molecule has 1 aliphatic carbocycles. The summed E-state index contributed by atoms with van der Waals surface area (Å²) in [6.07, 6.45) is 7.34. The van der Waals surface area contributed by atoms with Crippen molar-refractivity contribution in [3.8, 4) is 0 Å². The molecule has 5 nitrogen and oxygen atoms in total. The summed E-state index contributed by atoms with van der Waals surface area (Å²) in [6.45, 7) is 10.7. The van der Waals surface area contributed by atoms with Crippen molar-refractivity contribution in [2.24, 2.45) is 10.8 Å². The average molecular weight is 341 g/mol. The van der Waals surface area contributed by atoms with Gasteiger partial charge >= 0.3 is 0 Å². The molecule has 2 rings (SSSR count). The van der Waals surface area contributed by atoms with Gasteiger partial charge in [-0.1, -0.05) is 44.7 Å². The molecule has 1 saturated heterocycles. The van der Waals surface area contributed by atoms with Gasteiger partial charge in [0.2, 0.25) is 11.8 Å². The molecule has 2 aliphatic rings. The molecule has 1 aliphatic heterocycles. The van der Waals surface area contributed by atoms with E-state index < -0.39 is 17.1 Å². The number of Topliss-reactive ketones (excluding diaryl/α,β-unsaturated/α-hetero) is 2. The molecule has 0 spiro atoms.